The van der Waals surface area contributed by atoms with Gasteiger partial charge in [0.05, 0.1) is 0 Å². The standard InChI is InChI=1S/C7H11F/c1-5-6(2)7(3,4)8/h5H,1-2H2,3-4H3. The van der Waals surface area contributed by atoms with E-state index in [1.807, 2.05) is 0 Å². The van der Waals surface area contributed by atoms with Gasteiger partial charge in [0.1, 0.15) is 5.67 Å². The first-order valence-corrected chi connectivity index (χ1v) is 2.49. The van der Waals surface area contributed by atoms with E-state index in [1.54, 1.807) is 0 Å². The van der Waals surface area contributed by atoms with Crippen molar-refractivity contribution in [1.82, 2.24) is 0 Å². The van der Waals surface area contributed by atoms with E-state index in [1.165, 1.54) is 19.9 Å². The summed E-state index contributed by atoms with van der Waals surface area (Å²) in [5.74, 6) is 0. The van der Waals surface area contributed by atoms with Crippen molar-refractivity contribution in [2.24, 2.45) is 0 Å². The van der Waals surface area contributed by atoms with Gasteiger partial charge in [-0.1, -0.05) is 19.2 Å². The molecule has 0 aliphatic carbocycles. The van der Waals surface area contributed by atoms with Crippen LogP contribution in [0, 0.1) is 0 Å². The highest BCUT2D eigenvalue weighted by Crippen LogP contribution is 2.18. The van der Waals surface area contributed by atoms with Crippen molar-refractivity contribution in [3.05, 3.63) is 24.8 Å². The van der Waals surface area contributed by atoms with Crippen molar-refractivity contribution >= 4 is 0 Å². The molecule has 0 atom stereocenters. The van der Waals surface area contributed by atoms with Crippen molar-refractivity contribution < 1.29 is 4.39 Å². The predicted octanol–water partition coefficient (Wildman–Crippen LogP) is 2.48. The van der Waals surface area contributed by atoms with E-state index in [0.29, 0.717) is 5.57 Å². The van der Waals surface area contributed by atoms with Crippen LogP contribution in [0.3, 0.4) is 0 Å². The average molecular weight is 114 g/mol. The third-order valence-corrected chi connectivity index (χ3v) is 1.01. The summed E-state index contributed by atoms with van der Waals surface area (Å²) >= 11 is 0. The van der Waals surface area contributed by atoms with Gasteiger partial charge in [-0.3, -0.25) is 0 Å². The van der Waals surface area contributed by atoms with Gasteiger partial charge in [0.2, 0.25) is 0 Å². The highest BCUT2D eigenvalue weighted by atomic mass is 19.1. The topological polar surface area (TPSA) is 0 Å². The Morgan fingerprint density at radius 2 is 2.00 bits per heavy atom. The first-order chi connectivity index (χ1) is 3.48. The van der Waals surface area contributed by atoms with Crippen LogP contribution in [-0.4, -0.2) is 5.67 Å². The van der Waals surface area contributed by atoms with Crippen molar-refractivity contribution in [2.45, 2.75) is 19.5 Å². The SMILES string of the molecule is C=CC(=C)C(C)(C)F. The normalized spacial score (nSPS) is 10.9. The molecule has 0 fully saturated rings. The Balaban J connectivity index is 4.02. The van der Waals surface area contributed by atoms with Gasteiger partial charge in [-0.2, -0.15) is 0 Å². The largest absolute Gasteiger partial charge is 0.239 e. The molecule has 0 aliphatic heterocycles. The summed E-state index contributed by atoms with van der Waals surface area (Å²) in [7, 11) is 0. The second-order valence-corrected chi connectivity index (χ2v) is 2.20. The Labute approximate surface area is 49.7 Å². The van der Waals surface area contributed by atoms with Gasteiger partial charge in [0.15, 0.2) is 0 Å². The molecule has 0 aromatic heterocycles. The van der Waals surface area contributed by atoms with Gasteiger partial charge in [-0.15, -0.1) is 0 Å². The average Bonchev–Trinajstić information content (AvgIpc) is 1.62. The van der Waals surface area contributed by atoms with E-state index in [4.69, 9.17) is 0 Å². The highest BCUT2D eigenvalue weighted by Gasteiger charge is 2.16. The Hall–Kier alpha value is -0.590. The van der Waals surface area contributed by atoms with Crippen LogP contribution in [0.1, 0.15) is 13.8 Å². The molecule has 0 heterocycles. The quantitative estimate of drug-likeness (QED) is 0.484. The molecule has 0 nitrogen and oxygen atoms in total. The maximum Gasteiger partial charge on any atom is 0.129 e. The summed E-state index contributed by atoms with van der Waals surface area (Å²) in [4.78, 5) is 0. The van der Waals surface area contributed by atoms with Crippen LogP contribution in [0.2, 0.25) is 0 Å². The molecule has 8 heavy (non-hydrogen) atoms. The monoisotopic (exact) mass is 114 g/mol. The minimum atomic E-state index is -1.30. The number of rotatable bonds is 2. The molecule has 1 heteroatoms. The summed E-state index contributed by atoms with van der Waals surface area (Å²) in [6, 6.07) is 0. The summed E-state index contributed by atoms with van der Waals surface area (Å²) in [6.45, 7) is 9.75. The van der Waals surface area contributed by atoms with Crippen LogP contribution in [0.5, 0.6) is 0 Å². The lowest BCUT2D eigenvalue weighted by molar-refractivity contribution is 0.275. The van der Waals surface area contributed by atoms with Gasteiger partial charge >= 0.3 is 0 Å². The molecule has 0 aliphatic rings. The van der Waals surface area contributed by atoms with Gasteiger partial charge in [0, 0.05) is 0 Å². The summed E-state index contributed by atoms with van der Waals surface area (Å²) in [5, 5.41) is 0. The molecule has 0 unspecified atom stereocenters. The predicted molar refractivity (Wildman–Crippen MR) is 34.5 cm³/mol. The highest BCUT2D eigenvalue weighted by molar-refractivity contribution is 5.20. The van der Waals surface area contributed by atoms with Crippen molar-refractivity contribution in [3.8, 4) is 0 Å². The molecule has 0 saturated carbocycles. The molecule has 0 saturated heterocycles. The molecule has 0 radical (unpaired) electrons. The molecule has 0 amide bonds. The third kappa shape index (κ3) is 1.92. The van der Waals surface area contributed by atoms with Crippen LogP contribution in [0.25, 0.3) is 0 Å². The number of hydrogen-bond acceptors (Lipinski definition) is 0. The second kappa shape index (κ2) is 2.12. The van der Waals surface area contributed by atoms with Crippen LogP contribution < -0.4 is 0 Å². The zero-order chi connectivity index (χ0) is 6.78. The van der Waals surface area contributed by atoms with E-state index in [0.717, 1.165) is 0 Å². The van der Waals surface area contributed by atoms with Gasteiger partial charge in [-0.25, -0.2) is 4.39 Å². The van der Waals surface area contributed by atoms with E-state index in [-0.39, 0.29) is 0 Å². The zero-order valence-corrected chi connectivity index (χ0v) is 5.37. The van der Waals surface area contributed by atoms with Crippen molar-refractivity contribution in [1.29, 1.82) is 0 Å². The molecule has 0 aromatic carbocycles. The molecule has 0 bridgehead atoms. The molecular formula is C7H11F. The van der Waals surface area contributed by atoms with Crippen LogP contribution in [-0.2, 0) is 0 Å². The lowest BCUT2D eigenvalue weighted by atomic mass is 10.0. The molecular weight excluding hydrogens is 103 g/mol. The summed E-state index contributed by atoms with van der Waals surface area (Å²) < 4.78 is 12.6. The van der Waals surface area contributed by atoms with Crippen LogP contribution in [0.15, 0.2) is 24.8 Å². The number of halogens is 1. The smallest absolute Gasteiger partial charge is 0.129 e. The van der Waals surface area contributed by atoms with Gasteiger partial charge in [-0.05, 0) is 19.4 Å². The first-order valence-electron chi connectivity index (χ1n) is 2.49. The fourth-order valence-electron chi connectivity index (χ4n) is 0.243. The Morgan fingerprint density at radius 3 is 2.00 bits per heavy atom. The number of hydrogen-bond donors (Lipinski definition) is 0. The summed E-state index contributed by atoms with van der Waals surface area (Å²) in [5.41, 5.74) is -0.876. The first kappa shape index (κ1) is 7.41. The molecule has 46 valence electrons. The lowest BCUT2D eigenvalue weighted by Gasteiger charge is -2.12. The maximum atomic E-state index is 12.6. The third-order valence-electron chi connectivity index (χ3n) is 1.01. The Morgan fingerprint density at radius 1 is 1.62 bits per heavy atom. The number of alkyl halides is 1. The summed E-state index contributed by atoms with van der Waals surface area (Å²) in [6.07, 6.45) is 1.43. The maximum absolute atomic E-state index is 12.6. The van der Waals surface area contributed by atoms with Crippen LogP contribution >= 0.6 is 0 Å². The minimum Gasteiger partial charge on any atom is -0.239 e. The van der Waals surface area contributed by atoms with Gasteiger partial charge < -0.3 is 0 Å². The second-order valence-electron chi connectivity index (χ2n) is 2.20. The number of allylic oxidation sites excluding steroid dienone is 2. The molecule has 0 rings (SSSR count). The minimum absolute atomic E-state index is 0.428. The van der Waals surface area contributed by atoms with E-state index in [9.17, 15) is 4.39 Å². The van der Waals surface area contributed by atoms with Crippen molar-refractivity contribution in [3.63, 3.8) is 0 Å². The fourth-order valence-corrected chi connectivity index (χ4v) is 0.243. The molecule has 0 aromatic rings. The Kier molecular flexibility index (Phi) is 1.96. The van der Waals surface area contributed by atoms with Gasteiger partial charge in [0.25, 0.3) is 0 Å². The van der Waals surface area contributed by atoms with E-state index in [2.05, 4.69) is 13.2 Å². The molecule has 0 N–H and O–H groups in total. The van der Waals surface area contributed by atoms with E-state index >= 15 is 0 Å². The zero-order valence-electron chi connectivity index (χ0n) is 5.37. The molecule has 0 spiro atoms. The van der Waals surface area contributed by atoms with Crippen LogP contribution in [0.4, 0.5) is 4.39 Å². The Bertz CT molecular complexity index is 106. The lowest BCUT2D eigenvalue weighted by Crippen LogP contribution is -2.12. The van der Waals surface area contributed by atoms with E-state index < -0.39 is 5.67 Å². The van der Waals surface area contributed by atoms with Crippen molar-refractivity contribution in [2.75, 3.05) is 0 Å². The fraction of sp³-hybridized carbons (Fsp3) is 0.429.